The molecule has 2 heteroatoms. The van der Waals surface area contributed by atoms with Crippen LogP contribution in [0.15, 0.2) is 0 Å². The molecule has 0 N–H and O–H groups in total. The molecule has 0 aliphatic carbocycles. The first-order valence-electron chi connectivity index (χ1n) is 5.43. The van der Waals surface area contributed by atoms with Gasteiger partial charge in [0.2, 0.25) is 0 Å². The van der Waals surface area contributed by atoms with Crippen LogP contribution in [-0.2, 0) is 4.74 Å². The van der Waals surface area contributed by atoms with Crippen molar-refractivity contribution < 1.29 is 4.74 Å². The average Bonchev–Trinajstić information content (AvgIpc) is 2.45. The monoisotopic (exact) mass is 185 g/mol. The standard InChI is InChI=1S/C11H23NO/c1-5-11(9-13-10(2)3)7-6-8-12(11)4/h10H,5-9H2,1-4H3. The van der Waals surface area contributed by atoms with E-state index in [4.69, 9.17) is 4.74 Å². The third-order valence-corrected chi connectivity index (χ3v) is 3.29. The average molecular weight is 185 g/mol. The van der Waals surface area contributed by atoms with Crippen molar-refractivity contribution in [3.05, 3.63) is 0 Å². The molecule has 1 unspecified atom stereocenters. The van der Waals surface area contributed by atoms with Crippen LogP contribution in [0.25, 0.3) is 0 Å². The summed E-state index contributed by atoms with van der Waals surface area (Å²) in [6, 6.07) is 0. The lowest BCUT2D eigenvalue weighted by atomic mass is 9.94. The van der Waals surface area contributed by atoms with Crippen LogP contribution in [0.4, 0.5) is 0 Å². The molecule has 0 saturated carbocycles. The van der Waals surface area contributed by atoms with Crippen LogP contribution in [-0.4, -0.2) is 36.7 Å². The first-order valence-corrected chi connectivity index (χ1v) is 5.43. The summed E-state index contributed by atoms with van der Waals surface area (Å²) in [4.78, 5) is 2.47. The topological polar surface area (TPSA) is 12.5 Å². The van der Waals surface area contributed by atoms with Crippen LogP contribution in [0.5, 0.6) is 0 Å². The van der Waals surface area contributed by atoms with Crippen molar-refractivity contribution in [2.24, 2.45) is 0 Å². The maximum absolute atomic E-state index is 5.75. The fraction of sp³-hybridized carbons (Fsp3) is 1.00. The Kier molecular flexibility index (Phi) is 3.74. The lowest BCUT2D eigenvalue weighted by molar-refractivity contribution is -0.00645. The summed E-state index contributed by atoms with van der Waals surface area (Å²) < 4.78 is 5.75. The zero-order chi connectivity index (χ0) is 9.90. The molecule has 1 aliphatic heterocycles. The fourth-order valence-electron chi connectivity index (χ4n) is 2.13. The van der Waals surface area contributed by atoms with Crippen LogP contribution in [0.2, 0.25) is 0 Å². The van der Waals surface area contributed by atoms with Gasteiger partial charge in [-0.3, -0.25) is 4.90 Å². The van der Waals surface area contributed by atoms with E-state index in [2.05, 4.69) is 32.7 Å². The van der Waals surface area contributed by atoms with Crippen LogP contribution in [0.3, 0.4) is 0 Å². The summed E-state index contributed by atoms with van der Waals surface area (Å²) in [6.45, 7) is 8.62. The van der Waals surface area contributed by atoms with Gasteiger partial charge in [-0.15, -0.1) is 0 Å². The predicted molar refractivity (Wildman–Crippen MR) is 56.0 cm³/mol. The smallest absolute Gasteiger partial charge is 0.0653 e. The van der Waals surface area contributed by atoms with Gasteiger partial charge in [-0.2, -0.15) is 0 Å². The Morgan fingerprint density at radius 3 is 2.54 bits per heavy atom. The normalized spacial score (nSPS) is 30.2. The molecular formula is C11H23NO. The number of likely N-dealkylation sites (tertiary alicyclic amines) is 1. The third-order valence-electron chi connectivity index (χ3n) is 3.29. The van der Waals surface area contributed by atoms with Gasteiger partial charge < -0.3 is 4.74 Å². The van der Waals surface area contributed by atoms with E-state index in [0.717, 1.165) is 6.61 Å². The van der Waals surface area contributed by atoms with Gasteiger partial charge >= 0.3 is 0 Å². The highest BCUT2D eigenvalue weighted by atomic mass is 16.5. The Morgan fingerprint density at radius 1 is 1.46 bits per heavy atom. The molecule has 2 nitrogen and oxygen atoms in total. The van der Waals surface area contributed by atoms with Crippen molar-refractivity contribution >= 4 is 0 Å². The van der Waals surface area contributed by atoms with Crippen LogP contribution in [0.1, 0.15) is 40.0 Å². The number of likely N-dealkylation sites (N-methyl/N-ethyl adjacent to an activating group) is 1. The van der Waals surface area contributed by atoms with E-state index < -0.39 is 0 Å². The highest BCUT2D eigenvalue weighted by Crippen LogP contribution is 2.31. The summed E-state index contributed by atoms with van der Waals surface area (Å²) in [5, 5.41) is 0. The van der Waals surface area contributed by atoms with Crippen LogP contribution >= 0.6 is 0 Å². The van der Waals surface area contributed by atoms with Crippen molar-refractivity contribution in [3.63, 3.8) is 0 Å². The summed E-state index contributed by atoms with van der Waals surface area (Å²) >= 11 is 0. The molecule has 0 aromatic heterocycles. The molecule has 1 fully saturated rings. The van der Waals surface area contributed by atoms with Crippen molar-refractivity contribution in [1.29, 1.82) is 0 Å². The molecule has 0 aromatic carbocycles. The Morgan fingerprint density at radius 2 is 2.15 bits per heavy atom. The minimum Gasteiger partial charge on any atom is -0.377 e. The van der Waals surface area contributed by atoms with Crippen LogP contribution in [0, 0.1) is 0 Å². The lowest BCUT2D eigenvalue weighted by Crippen LogP contribution is -2.45. The van der Waals surface area contributed by atoms with Crippen molar-refractivity contribution in [2.75, 3.05) is 20.2 Å². The first-order chi connectivity index (χ1) is 6.10. The molecule has 1 heterocycles. The van der Waals surface area contributed by atoms with Crippen molar-refractivity contribution in [1.82, 2.24) is 4.90 Å². The first kappa shape index (κ1) is 11.0. The molecule has 1 rings (SSSR count). The van der Waals surface area contributed by atoms with Gasteiger partial charge in [-0.1, -0.05) is 6.92 Å². The Labute approximate surface area is 82.3 Å². The van der Waals surface area contributed by atoms with E-state index in [9.17, 15) is 0 Å². The molecule has 1 atom stereocenters. The highest BCUT2D eigenvalue weighted by Gasteiger charge is 2.37. The zero-order valence-corrected chi connectivity index (χ0v) is 9.47. The van der Waals surface area contributed by atoms with Gasteiger partial charge in [0.25, 0.3) is 0 Å². The van der Waals surface area contributed by atoms with E-state index in [0.29, 0.717) is 11.6 Å². The second-order valence-corrected chi connectivity index (χ2v) is 4.46. The molecule has 0 bridgehead atoms. The largest absolute Gasteiger partial charge is 0.377 e. The van der Waals surface area contributed by atoms with Gasteiger partial charge in [-0.05, 0) is 46.7 Å². The van der Waals surface area contributed by atoms with Crippen molar-refractivity contribution in [2.45, 2.75) is 51.7 Å². The molecular weight excluding hydrogens is 162 g/mol. The molecule has 13 heavy (non-hydrogen) atoms. The minimum atomic E-state index is 0.338. The maximum Gasteiger partial charge on any atom is 0.0653 e. The SMILES string of the molecule is CCC1(COC(C)C)CCCN1C. The number of ether oxygens (including phenoxy) is 1. The molecule has 0 amide bonds. The van der Waals surface area contributed by atoms with Crippen LogP contribution < -0.4 is 0 Å². The molecule has 0 aromatic rings. The quantitative estimate of drug-likeness (QED) is 0.666. The third kappa shape index (κ3) is 2.44. The van der Waals surface area contributed by atoms with E-state index in [1.165, 1.54) is 25.8 Å². The predicted octanol–water partition coefficient (Wildman–Crippen LogP) is 2.29. The van der Waals surface area contributed by atoms with Gasteiger partial charge in [0.15, 0.2) is 0 Å². The fourth-order valence-corrected chi connectivity index (χ4v) is 2.13. The van der Waals surface area contributed by atoms with Gasteiger partial charge in [0.1, 0.15) is 0 Å². The molecule has 1 saturated heterocycles. The second-order valence-electron chi connectivity index (χ2n) is 4.46. The number of hydrogen-bond acceptors (Lipinski definition) is 2. The highest BCUT2D eigenvalue weighted by molar-refractivity contribution is 4.93. The Balaban J connectivity index is 2.49. The minimum absolute atomic E-state index is 0.338. The van der Waals surface area contributed by atoms with Crippen molar-refractivity contribution in [3.8, 4) is 0 Å². The lowest BCUT2D eigenvalue weighted by Gasteiger charge is -2.35. The van der Waals surface area contributed by atoms with E-state index in [1.807, 2.05) is 0 Å². The number of rotatable bonds is 4. The molecule has 0 spiro atoms. The Hall–Kier alpha value is -0.0800. The number of hydrogen-bond donors (Lipinski definition) is 0. The molecule has 1 aliphatic rings. The summed E-state index contributed by atoms with van der Waals surface area (Å²) in [6.07, 6.45) is 4.19. The summed E-state index contributed by atoms with van der Waals surface area (Å²) in [7, 11) is 2.22. The molecule has 0 radical (unpaired) electrons. The van der Waals surface area contributed by atoms with Gasteiger partial charge in [0.05, 0.1) is 12.7 Å². The molecule has 78 valence electrons. The van der Waals surface area contributed by atoms with Gasteiger partial charge in [-0.25, -0.2) is 0 Å². The summed E-state index contributed by atoms with van der Waals surface area (Å²) in [5.41, 5.74) is 0.338. The van der Waals surface area contributed by atoms with Gasteiger partial charge in [0, 0.05) is 5.54 Å². The Bertz CT molecular complexity index is 158. The zero-order valence-electron chi connectivity index (χ0n) is 9.47. The van der Waals surface area contributed by atoms with E-state index >= 15 is 0 Å². The maximum atomic E-state index is 5.75. The van der Waals surface area contributed by atoms with E-state index in [1.54, 1.807) is 0 Å². The second kappa shape index (κ2) is 4.43. The van der Waals surface area contributed by atoms with E-state index in [-0.39, 0.29) is 0 Å². The summed E-state index contributed by atoms with van der Waals surface area (Å²) in [5.74, 6) is 0. The number of nitrogens with zero attached hydrogens (tertiary/aromatic N) is 1.